The quantitative estimate of drug-likeness (QED) is 0.849. The highest BCUT2D eigenvalue weighted by molar-refractivity contribution is 5.84. The van der Waals surface area contributed by atoms with Crippen LogP contribution in [0.2, 0.25) is 0 Å². The highest BCUT2D eigenvalue weighted by atomic mass is 19.1. The topological polar surface area (TPSA) is 46.3 Å². The van der Waals surface area contributed by atoms with Gasteiger partial charge >= 0.3 is 0 Å². The molecule has 1 aliphatic carbocycles. The van der Waals surface area contributed by atoms with E-state index in [1.807, 2.05) is 17.0 Å². The maximum atomic E-state index is 14.4. The van der Waals surface area contributed by atoms with E-state index in [9.17, 15) is 13.6 Å². The Morgan fingerprint density at radius 2 is 1.79 bits per heavy atom. The van der Waals surface area contributed by atoms with Gasteiger partial charge in [0, 0.05) is 24.5 Å². The lowest BCUT2D eigenvalue weighted by molar-refractivity contribution is -0.134. The maximum Gasteiger partial charge on any atom is 0.226 e. The van der Waals surface area contributed by atoms with Crippen molar-refractivity contribution in [3.05, 3.63) is 59.7 Å². The molecule has 1 heterocycles. The molecule has 0 spiro atoms. The molecule has 1 aliphatic heterocycles. The summed E-state index contributed by atoms with van der Waals surface area (Å²) in [5.74, 6) is -1.12. The number of amides is 1. The van der Waals surface area contributed by atoms with Crippen LogP contribution in [0.5, 0.6) is 0 Å². The summed E-state index contributed by atoms with van der Waals surface area (Å²) in [5.41, 5.74) is 7.49. The van der Waals surface area contributed by atoms with Crippen molar-refractivity contribution in [2.45, 2.75) is 50.6 Å². The Morgan fingerprint density at radius 3 is 2.54 bits per heavy atom. The second kappa shape index (κ2) is 7.63. The van der Waals surface area contributed by atoms with Crippen LogP contribution in [0.15, 0.2) is 42.5 Å². The lowest BCUT2D eigenvalue weighted by Gasteiger charge is -2.28. The third kappa shape index (κ3) is 3.55. The predicted octanol–water partition coefficient (Wildman–Crippen LogP) is 4.46. The number of carbonyl (C=O) groups excluding carboxylic acids is 1. The van der Waals surface area contributed by atoms with Crippen LogP contribution in [-0.2, 0) is 4.79 Å². The second-order valence-corrected chi connectivity index (χ2v) is 8.15. The van der Waals surface area contributed by atoms with Gasteiger partial charge < -0.3 is 10.6 Å². The highest BCUT2D eigenvalue weighted by Crippen LogP contribution is 2.52. The first-order valence-corrected chi connectivity index (χ1v) is 10.1. The fourth-order valence-corrected chi connectivity index (χ4v) is 4.58. The Hall–Kier alpha value is -2.27. The fourth-order valence-electron chi connectivity index (χ4n) is 4.58. The van der Waals surface area contributed by atoms with E-state index < -0.39 is 11.6 Å². The number of halogens is 2. The molecular weight excluding hydrogens is 358 g/mol. The summed E-state index contributed by atoms with van der Waals surface area (Å²) in [5, 5.41) is 0. The summed E-state index contributed by atoms with van der Waals surface area (Å²) in [7, 11) is 0. The molecular formula is C23H26F2N2O. The smallest absolute Gasteiger partial charge is 0.226 e. The Bertz CT molecular complexity index is 864. The molecule has 2 N–H and O–H groups in total. The van der Waals surface area contributed by atoms with Crippen LogP contribution < -0.4 is 5.73 Å². The minimum Gasteiger partial charge on any atom is -0.340 e. The van der Waals surface area contributed by atoms with E-state index in [2.05, 4.69) is 6.92 Å². The van der Waals surface area contributed by atoms with Gasteiger partial charge in [0.15, 0.2) is 0 Å². The Morgan fingerprint density at radius 1 is 1.07 bits per heavy atom. The number of likely N-dealkylation sites (tertiary alicyclic amines) is 1. The van der Waals surface area contributed by atoms with Crippen LogP contribution in [0.25, 0.3) is 11.1 Å². The van der Waals surface area contributed by atoms with Gasteiger partial charge in [0.25, 0.3) is 0 Å². The third-order valence-corrected chi connectivity index (χ3v) is 6.13. The Kier molecular flexibility index (Phi) is 5.19. The SMILES string of the molecule is CC1CC(N)CCCN1C(=O)C1CC1c1ccccc1-c1c(F)cccc1F. The number of benzene rings is 2. The molecule has 148 valence electrons. The molecule has 1 saturated heterocycles. The van der Waals surface area contributed by atoms with Crippen LogP contribution in [0.4, 0.5) is 8.78 Å². The summed E-state index contributed by atoms with van der Waals surface area (Å²) in [6.45, 7) is 2.80. The molecule has 0 radical (unpaired) electrons. The van der Waals surface area contributed by atoms with Gasteiger partial charge in [-0.2, -0.15) is 0 Å². The number of nitrogens with zero attached hydrogens (tertiary/aromatic N) is 1. The molecule has 5 heteroatoms. The molecule has 28 heavy (non-hydrogen) atoms. The van der Waals surface area contributed by atoms with E-state index >= 15 is 0 Å². The summed E-state index contributed by atoms with van der Waals surface area (Å²) in [4.78, 5) is 15.1. The summed E-state index contributed by atoms with van der Waals surface area (Å²) >= 11 is 0. The average Bonchev–Trinajstić information content (AvgIpc) is 3.46. The van der Waals surface area contributed by atoms with E-state index in [0.29, 0.717) is 5.56 Å². The third-order valence-electron chi connectivity index (χ3n) is 6.13. The van der Waals surface area contributed by atoms with Gasteiger partial charge in [0.1, 0.15) is 11.6 Å². The van der Waals surface area contributed by atoms with Gasteiger partial charge in [-0.15, -0.1) is 0 Å². The summed E-state index contributed by atoms with van der Waals surface area (Å²) in [6.07, 6.45) is 3.41. The van der Waals surface area contributed by atoms with Gasteiger partial charge in [-0.1, -0.05) is 30.3 Å². The van der Waals surface area contributed by atoms with Crippen molar-refractivity contribution < 1.29 is 13.6 Å². The van der Waals surface area contributed by atoms with E-state index in [4.69, 9.17) is 5.73 Å². The van der Waals surface area contributed by atoms with Crippen LogP contribution in [0, 0.1) is 17.6 Å². The first-order chi connectivity index (χ1) is 13.5. The first kappa shape index (κ1) is 19.1. The standard InChI is InChI=1S/C23H26F2N2O/c1-14-12-15(26)6-5-11-27(14)23(28)19-13-18(19)16-7-2-3-8-17(16)22-20(24)9-4-10-21(22)25/h2-4,7-10,14-15,18-19H,5-6,11-13,26H2,1H3. The van der Waals surface area contributed by atoms with Crippen molar-refractivity contribution >= 4 is 5.91 Å². The molecule has 4 atom stereocenters. The summed E-state index contributed by atoms with van der Waals surface area (Å²) in [6, 6.07) is 11.5. The van der Waals surface area contributed by atoms with Gasteiger partial charge in [0.2, 0.25) is 5.91 Å². The highest BCUT2D eigenvalue weighted by Gasteiger charge is 2.47. The molecule has 0 bridgehead atoms. The van der Waals surface area contributed by atoms with Crippen molar-refractivity contribution in [2.24, 2.45) is 11.7 Å². The van der Waals surface area contributed by atoms with Crippen LogP contribution in [-0.4, -0.2) is 29.4 Å². The zero-order chi connectivity index (χ0) is 19.8. The van der Waals surface area contributed by atoms with E-state index in [0.717, 1.165) is 37.8 Å². The number of hydrogen-bond acceptors (Lipinski definition) is 2. The van der Waals surface area contributed by atoms with Crippen LogP contribution >= 0.6 is 0 Å². The van der Waals surface area contributed by atoms with Crippen molar-refractivity contribution in [1.82, 2.24) is 4.90 Å². The summed E-state index contributed by atoms with van der Waals surface area (Å²) < 4.78 is 28.7. The molecule has 0 aromatic heterocycles. The maximum absolute atomic E-state index is 14.4. The van der Waals surface area contributed by atoms with Crippen molar-refractivity contribution in [1.29, 1.82) is 0 Å². The zero-order valence-corrected chi connectivity index (χ0v) is 16.1. The minimum atomic E-state index is -0.578. The number of nitrogens with two attached hydrogens (primary N) is 1. The van der Waals surface area contributed by atoms with E-state index in [1.165, 1.54) is 18.2 Å². The fraction of sp³-hybridized carbons (Fsp3) is 0.435. The molecule has 4 unspecified atom stereocenters. The predicted molar refractivity (Wildman–Crippen MR) is 106 cm³/mol. The molecule has 1 saturated carbocycles. The Balaban J connectivity index is 1.59. The second-order valence-electron chi connectivity index (χ2n) is 8.15. The monoisotopic (exact) mass is 384 g/mol. The van der Waals surface area contributed by atoms with Gasteiger partial charge in [-0.3, -0.25) is 4.79 Å². The van der Waals surface area contributed by atoms with Crippen molar-refractivity contribution in [2.75, 3.05) is 6.54 Å². The van der Waals surface area contributed by atoms with E-state index in [1.54, 1.807) is 12.1 Å². The molecule has 4 rings (SSSR count). The minimum absolute atomic E-state index is 0.00633. The van der Waals surface area contributed by atoms with Gasteiger partial charge in [0.05, 0.1) is 5.56 Å². The number of hydrogen-bond donors (Lipinski definition) is 1. The molecule has 2 aliphatic rings. The van der Waals surface area contributed by atoms with Crippen LogP contribution in [0.1, 0.15) is 44.1 Å². The molecule has 2 aromatic rings. The van der Waals surface area contributed by atoms with Crippen molar-refractivity contribution in [3.8, 4) is 11.1 Å². The largest absolute Gasteiger partial charge is 0.340 e. The molecule has 2 fully saturated rings. The van der Waals surface area contributed by atoms with Crippen molar-refractivity contribution in [3.63, 3.8) is 0 Å². The Labute approximate surface area is 164 Å². The molecule has 1 amide bonds. The van der Waals surface area contributed by atoms with Gasteiger partial charge in [-0.05, 0) is 61.8 Å². The average molecular weight is 384 g/mol. The lowest BCUT2D eigenvalue weighted by atomic mass is 9.95. The number of carbonyl (C=O) groups is 1. The molecule has 3 nitrogen and oxygen atoms in total. The molecule has 2 aromatic carbocycles. The van der Waals surface area contributed by atoms with E-state index in [-0.39, 0.29) is 35.4 Å². The zero-order valence-electron chi connectivity index (χ0n) is 16.1. The van der Waals surface area contributed by atoms with Crippen LogP contribution in [0.3, 0.4) is 0 Å². The normalized spacial score (nSPS) is 27.4. The number of rotatable bonds is 3. The first-order valence-electron chi connectivity index (χ1n) is 10.1. The van der Waals surface area contributed by atoms with Gasteiger partial charge in [-0.25, -0.2) is 8.78 Å². The lowest BCUT2D eigenvalue weighted by Crippen LogP contribution is -2.40.